The van der Waals surface area contributed by atoms with Gasteiger partial charge in [0.05, 0.1) is 6.54 Å². The number of primary amides is 1. The molecule has 2 amide bonds. The lowest BCUT2D eigenvalue weighted by Gasteiger charge is -2.09. The minimum absolute atomic E-state index is 0.101. The Kier molecular flexibility index (Phi) is 5.87. The van der Waals surface area contributed by atoms with E-state index in [1.165, 1.54) is 0 Å². The van der Waals surface area contributed by atoms with E-state index < -0.39 is 0 Å². The fourth-order valence-electron chi connectivity index (χ4n) is 1.36. The Morgan fingerprint density at radius 1 is 1.28 bits per heavy atom. The number of amides is 2. The minimum Gasteiger partial charge on any atom is -0.369 e. The molecule has 0 heterocycles. The van der Waals surface area contributed by atoms with Gasteiger partial charge in [0.15, 0.2) is 0 Å². The second kappa shape index (κ2) is 7.45. The summed E-state index contributed by atoms with van der Waals surface area (Å²) in [5.74, 6) is -0.741. The van der Waals surface area contributed by atoms with Crippen molar-refractivity contribution in [2.75, 3.05) is 13.1 Å². The van der Waals surface area contributed by atoms with Gasteiger partial charge in [0.25, 0.3) is 0 Å². The zero-order valence-corrected chi connectivity index (χ0v) is 10.5. The van der Waals surface area contributed by atoms with E-state index in [1.54, 1.807) is 6.92 Å². The molecule has 5 heteroatoms. The Balaban J connectivity index is 2.17. The van der Waals surface area contributed by atoms with Gasteiger partial charge in [0.2, 0.25) is 11.8 Å². The molecule has 1 rings (SSSR count). The van der Waals surface area contributed by atoms with Gasteiger partial charge in [-0.15, -0.1) is 0 Å². The molecular formula is C13H19N3O2. The maximum atomic E-state index is 11.5. The van der Waals surface area contributed by atoms with E-state index in [9.17, 15) is 9.59 Å². The minimum atomic E-state index is -0.368. The van der Waals surface area contributed by atoms with Crippen LogP contribution in [0.1, 0.15) is 12.5 Å². The van der Waals surface area contributed by atoms with Gasteiger partial charge in [-0.3, -0.25) is 9.59 Å². The molecule has 1 atom stereocenters. The van der Waals surface area contributed by atoms with Gasteiger partial charge in [-0.1, -0.05) is 37.3 Å². The van der Waals surface area contributed by atoms with Crippen LogP contribution in [-0.4, -0.2) is 24.9 Å². The molecule has 0 aliphatic heterocycles. The lowest BCUT2D eigenvalue weighted by molar-refractivity contribution is -0.122. The van der Waals surface area contributed by atoms with Gasteiger partial charge in [-0.25, -0.2) is 0 Å². The molecule has 4 N–H and O–H groups in total. The van der Waals surface area contributed by atoms with Crippen molar-refractivity contribution in [3.8, 4) is 0 Å². The monoisotopic (exact) mass is 249 g/mol. The van der Waals surface area contributed by atoms with Crippen LogP contribution < -0.4 is 16.4 Å². The Hall–Kier alpha value is -1.88. The lowest BCUT2D eigenvalue weighted by Crippen LogP contribution is -2.37. The highest BCUT2D eigenvalue weighted by molar-refractivity contribution is 5.78. The van der Waals surface area contributed by atoms with E-state index in [0.29, 0.717) is 13.1 Å². The van der Waals surface area contributed by atoms with Gasteiger partial charge < -0.3 is 16.4 Å². The molecule has 0 fully saturated rings. The molecule has 0 saturated heterocycles. The van der Waals surface area contributed by atoms with Crippen LogP contribution in [0.15, 0.2) is 30.3 Å². The number of carbonyl (C=O) groups excluding carboxylic acids is 2. The summed E-state index contributed by atoms with van der Waals surface area (Å²) in [5, 5.41) is 5.67. The van der Waals surface area contributed by atoms with Crippen LogP contribution in [-0.2, 0) is 16.1 Å². The van der Waals surface area contributed by atoms with Crippen molar-refractivity contribution in [1.29, 1.82) is 0 Å². The van der Waals surface area contributed by atoms with Crippen molar-refractivity contribution < 1.29 is 9.59 Å². The molecule has 0 spiro atoms. The molecule has 18 heavy (non-hydrogen) atoms. The molecular weight excluding hydrogens is 230 g/mol. The van der Waals surface area contributed by atoms with Crippen molar-refractivity contribution in [2.45, 2.75) is 13.5 Å². The first kappa shape index (κ1) is 14.2. The SMILES string of the molecule is CC(CNCC(=O)NCc1ccccc1)C(N)=O. The van der Waals surface area contributed by atoms with E-state index in [2.05, 4.69) is 10.6 Å². The largest absolute Gasteiger partial charge is 0.369 e. The average molecular weight is 249 g/mol. The van der Waals surface area contributed by atoms with E-state index in [0.717, 1.165) is 5.56 Å². The summed E-state index contributed by atoms with van der Waals surface area (Å²) in [5.41, 5.74) is 6.16. The number of hydrogen-bond acceptors (Lipinski definition) is 3. The number of benzene rings is 1. The lowest BCUT2D eigenvalue weighted by atomic mass is 10.2. The van der Waals surface area contributed by atoms with Crippen LogP contribution in [0.3, 0.4) is 0 Å². The predicted octanol–water partition coefficient (Wildman–Crippen LogP) is 0.0138. The van der Waals surface area contributed by atoms with Crippen LogP contribution in [0, 0.1) is 5.92 Å². The van der Waals surface area contributed by atoms with Crippen molar-refractivity contribution >= 4 is 11.8 Å². The van der Waals surface area contributed by atoms with E-state index >= 15 is 0 Å². The summed E-state index contributed by atoms with van der Waals surface area (Å²) in [7, 11) is 0. The summed E-state index contributed by atoms with van der Waals surface area (Å²) in [4.78, 5) is 22.2. The standard InChI is InChI=1S/C13H19N3O2/c1-10(13(14)18)7-15-9-12(17)16-8-11-5-3-2-4-6-11/h2-6,10,15H,7-9H2,1H3,(H2,14,18)(H,16,17). The molecule has 1 aromatic rings. The van der Waals surface area contributed by atoms with Gasteiger partial charge >= 0.3 is 0 Å². The Bertz CT molecular complexity index is 392. The molecule has 0 radical (unpaired) electrons. The van der Waals surface area contributed by atoms with E-state index in [-0.39, 0.29) is 24.3 Å². The van der Waals surface area contributed by atoms with Crippen molar-refractivity contribution in [3.05, 3.63) is 35.9 Å². The fraction of sp³-hybridized carbons (Fsp3) is 0.385. The van der Waals surface area contributed by atoms with Crippen LogP contribution in [0.25, 0.3) is 0 Å². The zero-order valence-electron chi connectivity index (χ0n) is 10.5. The Morgan fingerprint density at radius 2 is 1.94 bits per heavy atom. The maximum Gasteiger partial charge on any atom is 0.234 e. The molecule has 0 aromatic heterocycles. The number of nitrogens with two attached hydrogens (primary N) is 1. The molecule has 1 unspecified atom stereocenters. The van der Waals surface area contributed by atoms with Crippen molar-refractivity contribution in [1.82, 2.24) is 10.6 Å². The van der Waals surface area contributed by atoms with Crippen LogP contribution in [0.5, 0.6) is 0 Å². The van der Waals surface area contributed by atoms with Gasteiger partial charge in [-0.05, 0) is 5.56 Å². The predicted molar refractivity (Wildman–Crippen MR) is 69.5 cm³/mol. The molecule has 0 aliphatic rings. The summed E-state index contributed by atoms with van der Waals surface area (Å²) in [6.45, 7) is 2.82. The number of nitrogens with one attached hydrogen (secondary N) is 2. The second-order valence-corrected chi connectivity index (χ2v) is 4.20. The third-order valence-electron chi connectivity index (χ3n) is 2.55. The summed E-state index contributed by atoms with van der Waals surface area (Å²) >= 11 is 0. The third-order valence-corrected chi connectivity index (χ3v) is 2.55. The van der Waals surface area contributed by atoms with Gasteiger partial charge in [-0.2, -0.15) is 0 Å². The van der Waals surface area contributed by atoms with E-state index in [4.69, 9.17) is 5.73 Å². The second-order valence-electron chi connectivity index (χ2n) is 4.20. The Morgan fingerprint density at radius 3 is 2.56 bits per heavy atom. The Labute approximate surface area is 107 Å². The first-order valence-electron chi connectivity index (χ1n) is 5.90. The average Bonchev–Trinajstić information content (AvgIpc) is 2.37. The molecule has 0 saturated carbocycles. The zero-order chi connectivity index (χ0) is 13.4. The molecule has 0 bridgehead atoms. The van der Waals surface area contributed by atoms with Crippen molar-refractivity contribution in [2.24, 2.45) is 11.7 Å². The summed E-state index contributed by atoms with van der Waals surface area (Å²) in [6, 6.07) is 9.67. The first-order chi connectivity index (χ1) is 8.59. The number of rotatable bonds is 7. The number of hydrogen-bond donors (Lipinski definition) is 3. The fourth-order valence-corrected chi connectivity index (χ4v) is 1.36. The summed E-state index contributed by atoms with van der Waals surface area (Å²) in [6.07, 6.45) is 0. The normalized spacial score (nSPS) is 11.8. The smallest absolute Gasteiger partial charge is 0.234 e. The van der Waals surface area contributed by atoms with Crippen LogP contribution in [0.2, 0.25) is 0 Å². The van der Waals surface area contributed by atoms with Gasteiger partial charge in [0, 0.05) is 19.0 Å². The summed E-state index contributed by atoms with van der Waals surface area (Å²) < 4.78 is 0. The quantitative estimate of drug-likeness (QED) is 0.636. The highest BCUT2D eigenvalue weighted by Crippen LogP contribution is 1.96. The molecule has 98 valence electrons. The van der Waals surface area contributed by atoms with Crippen LogP contribution in [0.4, 0.5) is 0 Å². The molecule has 1 aromatic carbocycles. The topological polar surface area (TPSA) is 84.2 Å². The number of carbonyl (C=O) groups is 2. The first-order valence-corrected chi connectivity index (χ1v) is 5.90. The molecule has 0 aliphatic carbocycles. The third kappa shape index (κ3) is 5.45. The van der Waals surface area contributed by atoms with Crippen molar-refractivity contribution in [3.63, 3.8) is 0 Å². The van der Waals surface area contributed by atoms with E-state index in [1.807, 2.05) is 30.3 Å². The van der Waals surface area contributed by atoms with Crippen LogP contribution >= 0.6 is 0 Å². The van der Waals surface area contributed by atoms with Gasteiger partial charge in [0.1, 0.15) is 0 Å². The highest BCUT2D eigenvalue weighted by atomic mass is 16.2. The molecule has 5 nitrogen and oxygen atoms in total. The highest BCUT2D eigenvalue weighted by Gasteiger charge is 2.08. The maximum absolute atomic E-state index is 11.5.